The Balaban J connectivity index is 2.28. The quantitative estimate of drug-likeness (QED) is 0.386. The molecule has 25 heavy (non-hydrogen) atoms. The molecule has 0 aliphatic carbocycles. The Kier molecular flexibility index (Phi) is 4.94. The summed E-state index contributed by atoms with van der Waals surface area (Å²) in [5, 5.41) is 29.8. The number of hydrogen-bond donors (Lipinski definition) is 1. The second kappa shape index (κ2) is 6.93. The van der Waals surface area contributed by atoms with E-state index in [2.05, 4.69) is 0 Å². The molecule has 0 amide bonds. The number of phenols is 1. The molecule has 0 atom stereocenters. The lowest BCUT2D eigenvalue weighted by Crippen LogP contribution is -2.10. The van der Waals surface area contributed by atoms with E-state index in [1.165, 1.54) is 30.3 Å². The minimum absolute atomic E-state index is 0.00568. The largest absolute Gasteiger partial charge is 0.506 e. The average molecular weight is 338 g/mol. The van der Waals surface area contributed by atoms with E-state index < -0.39 is 28.7 Å². The van der Waals surface area contributed by atoms with Gasteiger partial charge in [-0.2, -0.15) is 5.26 Å². The molecule has 7 heteroatoms. The highest BCUT2D eigenvalue weighted by Crippen LogP contribution is 2.29. The number of carbonyl (C=O) groups excluding carboxylic acids is 2. The SMILES string of the molecule is Cc1cc(C(=O)CC(=O)c2ccc([N+](=O)[O-])cc2)c(O)c(C#N)c1C. The zero-order valence-corrected chi connectivity index (χ0v) is 13.6. The van der Waals surface area contributed by atoms with E-state index in [-0.39, 0.29) is 22.4 Å². The number of phenolic OH excluding ortho intramolecular Hbond substituents is 1. The third kappa shape index (κ3) is 3.53. The Hall–Kier alpha value is -3.53. The molecule has 0 fully saturated rings. The van der Waals surface area contributed by atoms with Crippen molar-refractivity contribution in [2.75, 3.05) is 0 Å². The van der Waals surface area contributed by atoms with Crippen LogP contribution in [-0.4, -0.2) is 21.6 Å². The van der Waals surface area contributed by atoms with E-state index in [0.717, 1.165) is 0 Å². The molecule has 0 unspecified atom stereocenters. The first-order chi connectivity index (χ1) is 11.8. The Bertz CT molecular complexity index is 924. The molecule has 0 aliphatic rings. The molecule has 0 aromatic heterocycles. The molecular formula is C18H14N2O5. The lowest BCUT2D eigenvalue weighted by atomic mass is 9.94. The van der Waals surface area contributed by atoms with Crippen molar-refractivity contribution in [1.82, 2.24) is 0 Å². The van der Waals surface area contributed by atoms with E-state index in [1.807, 2.05) is 6.07 Å². The molecule has 2 aromatic carbocycles. The third-order valence-electron chi connectivity index (χ3n) is 3.95. The van der Waals surface area contributed by atoms with Crippen molar-refractivity contribution in [2.24, 2.45) is 0 Å². The number of Topliss-reactive ketones (excluding diaryl/α,β-unsaturated/α-hetero) is 2. The summed E-state index contributed by atoms with van der Waals surface area (Å²) in [6.45, 7) is 3.36. The van der Waals surface area contributed by atoms with Gasteiger partial charge in [0.2, 0.25) is 0 Å². The van der Waals surface area contributed by atoms with E-state index >= 15 is 0 Å². The summed E-state index contributed by atoms with van der Waals surface area (Å²) < 4.78 is 0. The predicted molar refractivity (Wildman–Crippen MR) is 88.7 cm³/mol. The number of hydrogen-bond acceptors (Lipinski definition) is 6. The summed E-state index contributed by atoms with van der Waals surface area (Å²) in [6.07, 6.45) is -0.515. The molecule has 0 heterocycles. The van der Waals surface area contributed by atoms with Crippen molar-refractivity contribution in [1.29, 1.82) is 5.26 Å². The standard InChI is InChI=1S/C18H14N2O5/c1-10-7-14(18(23)15(9-19)11(10)2)17(22)8-16(21)12-3-5-13(6-4-12)20(24)25/h3-7,23H,8H2,1-2H3. The number of aryl methyl sites for hydroxylation is 1. The second-order valence-electron chi connectivity index (χ2n) is 5.53. The first-order valence-corrected chi connectivity index (χ1v) is 7.30. The number of rotatable bonds is 5. The molecule has 0 aliphatic heterocycles. The van der Waals surface area contributed by atoms with Crippen LogP contribution in [0.2, 0.25) is 0 Å². The number of nitro groups is 1. The Morgan fingerprint density at radius 2 is 1.80 bits per heavy atom. The molecule has 1 N–H and O–H groups in total. The van der Waals surface area contributed by atoms with Gasteiger partial charge in [-0.05, 0) is 43.2 Å². The Morgan fingerprint density at radius 3 is 2.32 bits per heavy atom. The van der Waals surface area contributed by atoms with Crippen LogP contribution in [0.25, 0.3) is 0 Å². The second-order valence-corrected chi connectivity index (χ2v) is 5.53. The van der Waals surface area contributed by atoms with Gasteiger partial charge in [-0.25, -0.2) is 0 Å². The summed E-state index contributed by atoms with van der Waals surface area (Å²) in [7, 11) is 0. The lowest BCUT2D eigenvalue weighted by Gasteiger charge is -2.10. The van der Waals surface area contributed by atoms with Crippen LogP contribution in [0.15, 0.2) is 30.3 Å². The molecule has 0 bridgehead atoms. The Morgan fingerprint density at radius 1 is 1.20 bits per heavy atom. The van der Waals surface area contributed by atoms with Crippen LogP contribution in [0.1, 0.15) is 43.8 Å². The van der Waals surface area contributed by atoms with Crippen LogP contribution >= 0.6 is 0 Å². The molecule has 0 radical (unpaired) electrons. The van der Waals surface area contributed by atoms with Gasteiger partial charge in [0.1, 0.15) is 11.8 Å². The zero-order chi connectivity index (χ0) is 18.7. The molecule has 2 aromatic rings. The van der Waals surface area contributed by atoms with Crippen molar-refractivity contribution in [3.05, 3.63) is 68.3 Å². The van der Waals surface area contributed by atoms with Gasteiger partial charge in [0.05, 0.1) is 22.5 Å². The van der Waals surface area contributed by atoms with Crippen molar-refractivity contribution < 1.29 is 19.6 Å². The highest BCUT2D eigenvalue weighted by Gasteiger charge is 2.21. The van der Waals surface area contributed by atoms with Gasteiger partial charge in [-0.3, -0.25) is 19.7 Å². The summed E-state index contributed by atoms with van der Waals surface area (Å²) in [5.74, 6) is -1.59. The van der Waals surface area contributed by atoms with Crippen molar-refractivity contribution >= 4 is 17.3 Å². The maximum atomic E-state index is 12.4. The minimum Gasteiger partial charge on any atom is -0.506 e. The van der Waals surface area contributed by atoms with E-state index in [9.17, 15) is 24.8 Å². The van der Waals surface area contributed by atoms with Crippen LogP contribution in [-0.2, 0) is 0 Å². The molecule has 7 nitrogen and oxygen atoms in total. The number of carbonyl (C=O) groups is 2. The molecular weight excluding hydrogens is 324 g/mol. The molecule has 126 valence electrons. The van der Waals surface area contributed by atoms with E-state index in [0.29, 0.717) is 11.1 Å². The van der Waals surface area contributed by atoms with Crippen LogP contribution < -0.4 is 0 Å². The maximum Gasteiger partial charge on any atom is 0.269 e. The molecule has 0 spiro atoms. The number of non-ortho nitro benzene ring substituents is 1. The average Bonchev–Trinajstić information content (AvgIpc) is 2.58. The van der Waals surface area contributed by atoms with Gasteiger partial charge in [-0.1, -0.05) is 0 Å². The summed E-state index contributed by atoms with van der Waals surface area (Å²) in [6, 6.07) is 8.20. The molecule has 0 saturated heterocycles. The minimum atomic E-state index is -0.625. The number of nitro benzene ring substituents is 1. The van der Waals surface area contributed by atoms with Crippen molar-refractivity contribution in [2.45, 2.75) is 20.3 Å². The molecule has 2 rings (SSSR count). The fourth-order valence-electron chi connectivity index (χ4n) is 2.36. The fraction of sp³-hybridized carbons (Fsp3) is 0.167. The van der Waals surface area contributed by atoms with Gasteiger partial charge in [0, 0.05) is 17.7 Å². The number of nitriles is 1. The highest BCUT2D eigenvalue weighted by atomic mass is 16.6. The van der Waals surface area contributed by atoms with Gasteiger partial charge >= 0.3 is 0 Å². The topological polar surface area (TPSA) is 121 Å². The smallest absolute Gasteiger partial charge is 0.269 e. The van der Waals surface area contributed by atoms with Crippen molar-refractivity contribution in [3.63, 3.8) is 0 Å². The molecule has 0 saturated carbocycles. The zero-order valence-electron chi connectivity index (χ0n) is 13.6. The van der Waals surface area contributed by atoms with Gasteiger partial charge in [-0.15, -0.1) is 0 Å². The van der Waals surface area contributed by atoms with E-state index in [1.54, 1.807) is 13.8 Å². The summed E-state index contributed by atoms with van der Waals surface area (Å²) in [5.41, 5.74) is 1.14. The monoisotopic (exact) mass is 338 g/mol. The van der Waals surface area contributed by atoms with Gasteiger partial charge < -0.3 is 5.11 Å². The Labute approximate surface area is 143 Å². The first kappa shape index (κ1) is 17.8. The van der Waals surface area contributed by atoms with Crippen LogP contribution in [0.4, 0.5) is 5.69 Å². The normalized spacial score (nSPS) is 10.1. The third-order valence-corrected chi connectivity index (χ3v) is 3.95. The summed E-state index contributed by atoms with van der Waals surface area (Å²) >= 11 is 0. The van der Waals surface area contributed by atoms with Gasteiger partial charge in [0.25, 0.3) is 5.69 Å². The maximum absolute atomic E-state index is 12.4. The fourth-order valence-corrected chi connectivity index (χ4v) is 2.36. The highest BCUT2D eigenvalue weighted by molar-refractivity contribution is 6.14. The predicted octanol–water partition coefficient (Wildman–Crippen LogP) is 3.24. The number of benzene rings is 2. The van der Waals surface area contributed by atoms with Crippen LogP contribution in [0, 0.1) is 35.3 Å². The number of ketones is 2. The van der Waals surface area contributed by atoms with E-state index in [4.69, 9.17) is 5.26 Å². The number of nitrogens with zero attached hydrogens (tertiary/aromatic N) is 2. The first-order valence-electron chi connectivity index (χ1n) is 7.30. The summed E-state index contributed by atoms with van der Waals surface area (Å²) in [4.78, 5) is 34.6. The van der Waals surface area contributed by atoms with Gasteiger partial charge in [0.15, 0.2) is 11.6 Å². The lowest BCUT2D eigenvalue weighted by molar-refractivity contribution is -0.384. The van der Waals surface area contributed by atoms with Crippen LogP contribution in [0.3, 0.4) is 0 Å². The van der Waals surface area contributed by atoms with Crippen LogP contribution in [0.5, 0.6) is 5.75 Å². The van der Waals surface area contributed by atoms with Crippen molar-refractivity contribution in [3.8, 4) is 11.8 Å². The number of aromatic hydroxyl groups is 1.